The molecule has 2 heterocycles. The van der Waals surface area contributed by atoms with E-state index in [1.54, 1.807) is 25.1 Å². The standard InChI is InChI=1S/C14H11N3O4S2/c1-8-11(17(19)21-16-8)7-20-10-4-2-9(3-5-10)6-12-13(18)15-14(22)23-12/h2-6H,7H2,1H3,(H,15,18,22). The number of nitrogens with zero attached hydrogens (tertiary/aromatic N) is 2. The quantitative estimate of drug-likeness (QED) is 0.510. The molecule has 1 saturated heterocycles. The normalized spacial score (nSPS) is 16.0. The Kier molecular flexibility index (Phi) is 4.30. The van der Waals surface area contributed by atoms with Crippen molar-refractivity contribution < 1.29 is 19.1 Å². The van der Waals surface area contributed by atoms with E-state index >= 15 is 0 Å². The number of benzene rings is 1. The average molecular weight is 349 g/mol. The summed E-state index contributed by atoms with van der Waals surface area (Å²) in [6.45, 7) is 1.73. The Bertz CT molecular complexity index is 779. The topological polar surface area (TPSA) is 91.3 Å². The molecular formula is C14H11N3O4S2. The molecule has 2 aromatic rings. The van der Waals surface area contributed by atoms with Crippen molar-refractivity contribution in [3.8, 4) is 5.75 Å². The van der Waals surface area contributed by atoms with Gasteiger partial charge in [0.25, 0.3) is 5.91 Å². The van der Waals surface area contributed by atoms with Gasteiger partial charge in [0, 0.05) is 12.1 Å². The zero-order chi connectivity index (χ0) is 16.4. The molecule has 0 spiro atoms. The molecule has 1 aromatic carbocycles. The molecule has 0 atom stereocenters. The Hall–Kier alpha value is -2.39. The van der Waals surface area contributed by atoms with Crippen LogP contribution in [0.3, 0.4) is 0 Å². The number of hydrogen-bond donors (Lipinski definition) is 1. The van der Waals surface area contributed by atoms with Crippen LogP contribution in [-0.4, -0.2) is 15.4 Å². The fourth-order valence-corrected chi connectivity index (χ4v) is 2.92. The van der Waals surface area contributed by atoms with Gasteiger partial charge in [-0.3, -0.25) is 9.42 Å². The number of nitrogens with one attached hydrogen (secondary N) is 1. The average Bonchev–Trinajstić information content (AvgIpc) is 3.01. The summed E-state index contributed by atoms with van der Waals surface area (Å²) in [6.07, 6.45) is 1.75. The number of carbonyl (C=O) groups is 1. The Labute approximate surface area is 140 Å². The van der Waals surface area contributed by atoms with E-state index in [9.17, 15) is 10.0 Å². The highest BCUT2D eigenvalue weighted by Crippen LogP contribution is 2.26. The minimum atomic E-state index is -0.191. The Morgan fingerprint density at radius 2 is 2.22 bits per heavy atom. The first kappa shape index (κ1) is 15.5. The molecule has 1 aromatic heterocycles. The fraction of sp³-hybridized carbons (Fsp3) is 0.143. The second kappa shape index (κ2) is 6.39. The van der Waals surface area contributed by atoms with Gasteiger partial charge in [-0.2, -0.15) is 0 Å². The zero-order valence-corrected chi connectivity index (χ0v) is 13.6. The SMILES string of the molecule is Cc1no[n+]([O-])c1COc1ccc(C=C2SC(=S)NC2=O)cc1. The van der Waals surface area contributed by atoms with Crippen molar-refractivity contribution in [2.45, 2.75) is 13.5 Å². The highest BCUT2D eigenvalue weighted by molar-refractivity contribution is 8.26. The first-order valence-corrected chi connectivity index (χ1v) is 7.78. The smallest absolute Gasteiger partial charge is 0.263 e. The predicted molar refractivity (Wildman–Crippen MR) is 87.3 cm³/mol. The van der Waals surface area contributed by atoms with Gasteiger partial charge in [-0.1, -0.05) is 36.1 Å². The van der Waals surface area contributed by atoms with Crippen LogP contribution in [0.2, 0.25) is 0 Å². The maximum atomic E-state index is 11.6. The molecule has 0 aliphatic carbocycles. The first-order chi connectivity index (χ1) is 11.0. The number of thioether (sulfide) groups is 1. The van der Waals surface area contributed by atoms with Crippen LogP contribution < -0.4 is 15.0 Å². The molecule has 0 saturated carbocycles. The number of rotatable bonds is 4. The van der Waals surface area contributed by atoms with Gasteiger partial charge >= 0.3 is 0 Å². The molecule has 3 rings (SSSR count). The molecule has 0 bridgehead atoms. The van der Waals surface area contributed by atoms with Crippen molar-refractivity contribution in [3.05, 3.63) is 51.3 Å². The molecule has 118 valence electrons. The minimum Gasteiger partial charge on any atom is -0.485 e. The van der Waals surface area contributed by atoms with Gasteiger partial charge in [0.2, 0.25) is 11.4 Å². The molecule has 1 aliphatic rings. The number of ether oxygens (including phenoxy) is 1. The van der Waals surface area contributed by atoms with Crippen LogP contribution in [0.15, 0.2) is 33.8 Å². The number of carbonyl (C=O) groups excluding carboxylic acids is 1. The van der Waals surface area contributed by atoms with Gasteiger partial charge in [-0.15, -0.1) is 0 Å². The van der Waals surface area contributed by atoms with E-state index < -0.39 is 0 Å². The summed E-state index contributed by atoms with van der Waals surface area (Å²) in [6, 6.07) is 7.12. The lowest BCUT2D eigenvalue weighted by molar-refractivity contribution is -0.808. The molecule has 1 amide bonds. The van der Waals surface area contributed by atoms with Crippen molar-refractivity contribution in [1.82, 2.24) is 10.5 Å². The third kappa shape index (κ3) is 3.51. The van der Waals surface area contributed by atoms with Crippen molar-refractivity contribution in [1.29, 1.82) is 0 Å². The Morgan fingerprint density at radius 1 is 1.48 bits per heavy atom. The second-order valence-corrected chi connectivity index (χ2v) is 6.39. The number of amides is 1. The van der Waals surface area contributed by atoms with Gasteiger partial charge < -0.3 is 15.3 Å². The minimum absolute atomic E-state index is 0.0613. The van der Waals surface area contributed by atoms with Crippen molar-refractivity contribution in [2.24, 2.45) is 0 Å². The van der Waals surface area contributed by atoms with Gasteiger partial charge in [0.05, 0.1) is 4.91 Å². The summed E-state index contributed by atoms with van der Waals surface area (Å²) in [5, 5.41) is 17.4. The van der Waals surface area contributed by atoms with Crippen LogP contribution in [0.4, 0.5) is 0 Å². The number of aromatic nitrogens is 2. The highest BCUT2D eigenvalue weighted by Gasteiger charge is 2.21. The zero-order valence-electron chi connectivity index (χ0n) is 11.9. The van der Waals surface area contributed by atoms with Crippen LogP contribution >= 0.6 is 24.0 Å². The lowest BCUT2D eigenvalue weighted by atomic mass is 10.2. The maximum absolute atomic E-state index is 11.6. The molecule has 1 N–H and O–H groups in total. The molecule has 23 heavy (non-hydrogen) atoms. The monoisotopic (exact) mass is 349 g/mol. The molecule has 7 nitrogen and oxygen atoms in total. The van der Waals surface area contributed by atoms with Crippen molar-refractivity contribution >= 4 is 40.3 Å². The van der Waals surface area contributed by atoms with E-state index in [1.807, 2.05) is 12.1 Å². The number of aryl methyl sites for hydroxylation is 1. The first-order valence-electron chi connectivity index (χ1n) is 6.56. The summed E-state index contributed by atoms with van der Waals surface area (Å²) in [4.78, 5) is 12.5. The van der Waals surface area contributed by atoms with E-state index in [0.717, 1.165) is 5.56 Å². The summed E-state index contributed by atoms with van der Waals surface area (Å²) in [7, 11) is 0. The van der Waals surface area contributed by atoms with Gasteiger partial charge in [-0.25, -0.2) is 0 Å². The van der Waals surface area contributed by atoms with Crippen LogP contribution in [0, 0.1) is 12.1 Å². The van der Waals surface area contributed by atoms with Crippen molar-refractivity contribution in [2.75, 3.05) is 0 Å². The van der Waals surface area contributed by atoms with E-state index in [-0.39, 0.29) is 12.5 Å². The fourth-order valence-electron chi connectivity index (χ4n) is 1.87. The Morgan fingerprint density at radius 3 is 2.78 bits per heavy atom. The van der Waals surface area contributed by atoms with Crippen LogP contribution in [0.5, 0.6) is 5.75 Å². The number of thiocarbonyl (C=S) groups is 1. The number of hydrogen-bond acceptors (Lipinski definition) is 7. The summed E-state index contributed by atoms with van der Waals surface area (Å²) >= 11 is 6.16. The summed E-state index contributed by atoms with van der Waals surface area (Å²) in [5.41, 5.74) is 1.66. The van der Waals surface area contributed by atoms with Crippen LogP contribution in [-0.2, 0) is 11.4 Å². The molecule has 0 radical (unpaired) electrons. The third-order valence-electron chi connectivity index (χ3n) is 3.09. The molecule has 1 fully saturated rings. The van der Waals surface area contributed by atoms with E-state index in [1.165, 1.54) is 11.8 Å². The van der Waals surface area contributed by atoms with E-state index in [0.29, 0.717) is 31.3 Å². The molecule has 0 unspecified atom stereocenters. The van der Waals surface area contributed by atoms with Crippen LogP contribution in [0.1, 0.15) is 17.0 Å². The predicted octanol–water partition coefficient (Wildman–Crippen LogP) is 1.68. The van der Waals surface area contributed by atoms with E-state index in [4.69, 9.17) is 17.0 Å². The summed E-state index contributed by atoms with van der Waals surface area (Å²) in [5.74, 6) is 0.398. The lowest BCUT2D eigenvalue weighted by Crippen LogP contribution is -2.29. The maximum Gasteiger partial charge on any atom is 0.263 e. The largest absolute Gasteiger partial charge is 0.485 e. The molecule has 9 heteroatoms. The van der Waals surface area contributed by atoms with Crippen LogP contribution in [0.25, 0.3) is 6.08 Å². The van der Waals surface area contributed by atoms with E-state index in [2.05, 4.69) is 15.1 Å². The highest BCUT2D eigenvalue weighted by atomic mass is 32.2. The summed E-state index contributed by atoms with van der Waals surface area (Å²) < 4.78 is 10.5. The molecular weight excluding hydrogens is 338 g/mol. The van der Waals surface area contributed by atoms with Gasteiger partial charge in [0.15, 0.2) is 6.61 Å². The lowest BCUT2D eigenvalue weighted by Gasteiger charge is -2.04. The molecule has 1 aliphatic heterocycles. The van der Waals surface area contributed by atoms with Crippen molar-refractivity contribution in [3.63, 3.8) is 0 Å². The third-order valence-corrected chi connectivity index (χ3v) is 4.25. The second-order valence-electron chi connectivity index (χ2n) is 4.67. The Balaban J connectivity index is 1.67. The van der Waals surface area contributed by atoms with Gasteiger partial charge in [-0.05, 0) is 28.7 Å². The van der Waals surface area contributed by atoms with Gasteiger partial charge in [0.1, 0.15) is 10.1 Å².